The van der Waals surface area contributed by atoms with Crippen LogP contribution in [0.25, 0.3) is 10.9 Å². The zero-order valence-electron chi connectivity index (χ0n) is 11.5. The van der Waals surface area contributed by atoms with Crippen LogP contribution in [0.1, 0.15) is 25.7 Å². The molecule has 19 heavy (non-hydrogen) atoms. The minimum absolute atomic E-state index is 0.793. The van der Waals surface area contributed by atoms with Crippen LogP contribution < -0.4 is 10.6 Å². The first-order valence-corrected chi connectivity index (χ1v) is 7.10. The lowest BCUT2D eigenvalue weighted by atomic mass is 10.1. The van der Waals surface area contributed by atoms with E-state index in [1.165, 1.54) is 25.7 Å². The molecule has 100 valence electrons. The van der Waals surface area contributed by atoms with Crippen LogP contribution in [0.3, 0.4) is 0 Å². The van der Waals surface area contributed by atoms with E-state index in [0.717, 1.165) is 34.9 Å². The predicted molar refractivity (Wildman–Crippen MR) is 81.4 cm³/mol. The van der Waals surface area contributed by atoms with E-state index in [4.69, 9.17) is 10.7 Å². The molecule has 0 unspecified atom stereocenters. The number of pyridine rings is 1. The molecular weight excluding hydrogens is 234 g/mol. The van der Waals surface area contributed by atoms with E-state index in [2.05, 4.69) is 24.1 Å². The lowest BCUT2D eigenvalue weighted by Gasteiger charge is -2.22. The van der Waals surface area contributed by atoms with Gasteiger partial charge in [-0.25, -0.2) is 4.98 Å². The highest BCUT2D eigenvalue weighted by Crippen LogP contribution is 2.27. The number of nitrogen functional groups attached to an aromatic ring is 1. The molecule has 3 heteroatoms. The molecule has 0 aliphatic heterocycles. The Morgan fingerprint density at radius 1 is 1.21 bits per heavy atom. The summed E-state index contributed by atoms with van der Waals surface area (Å²) in [6, 6.07) is 10.1. The Balaban J connectivity index is 1.81. The Bertz CT molecular complexity index is 573. The summed E-state index contributed by atoms with van der Waals surface area (Å²) in [4.78, 5) is 7.01. The Labute approximate surface area is 114 Å². The average Bonchev–Trinajstić information content (AvgIpc) is 2.91. The first-order chi connectivity index (χ1) is 9.22. The minimum Gasteiger partial charge on any atom is -0.399 e. The number of anilines is 2. The van der Waals surface area contributed by atoms with Gasteiger partial charge in [-0.15, -0.1) is 0 Å². The highest BCUT2D eigenvalue weighted by molar-refractivity contribution is 5.83. The summed E-state index contributed by atoms with van der Waals surface area (Å²) < 4.78 is 0. The molecule has 3 nitrogen and oxygen atoms in total. The van der Waals surface area contributed by atoms with Crippen molar-refractivity contribution in [2.24, 2.45) is 5.92 Å². The van der Waals surface area contributed by atoms with Gasteiger partial charge in [0.05, 0.1) is 5.52 Å². The van der Waals surface area contributed by atoms with Crippen molar-refractivity contribution in [3.8, 4) is 0 Å². The largest absolute Gasteiger partial charge is 0.399 e. The second kappa shape index (κ2) is 5.08. The van der Waals surface area contributed by atoms with Gasteiger partial charge in [0, 0.05) is 24.7 Å². The van der Waals surface area contributed by atoms with Crippen LogP contribution in [0.15, 0.2) is 30.3 Å². The zero-order valence-corrected chi connectivity index (χ0v) is 11.5. The third kappa shape index (κ3) is 2.65. The van der Waals surface area contributed by atoms with Crippen LogP contribution in [-0.2, 0) is 0 Å². The van der Waals surface area contributed by atoms with Crippen LogP contribution in [0.2, 0.25) is 0 Å². The van der Waals surface area contributed by atoms with Crippen molar-refractivity contribution in [2.45, 2.75) is 25.7 Å². The van der Waals surface area contributed by atoms with Crippen molar-refractivity contribution in [3.05, 3.63) is 30.3 Å². The maximum absolute atomic E-state index is 5.79. The Kier molecular flexibility index (Phi) is 3.28. The number of nitrogens with two attached hydrogens (primary N) is 1. The summed E-state index contributed by atoms with van der Waals surface area (Å²) in [5.41, 5.74) is 7.60. The lowest BCUT2D eigenvalue weighted by molar-refractivity contribution is 0.545. The maximum atomic E-state index is 5.79. The molecule has 2 aromatic rings. The van der Waals surface area contributed by atoms with Gasteiger partial charge in [-0.3, -0.25) is 0 Å². The molecule has 0 saturated heterocycles. The van der Waals surface area contributed by atoms with Gasteiger partial charge in [0.15, 0.2) is 0 Å². The molecule has 1 aromatic carbocycles. The van der Waals surface area contributed by atoms with Gasteiger partial charge in [0.2, 0.25) is 0 Å². The number of aromatic nitrogens is 1. The van der Waals surface area contributed by atoms with Gasteiger partial charge in [-0.1, -0.05) is 12.8 Å². The monoisotopic (exact) mass is 255 g/mol. The van der Waals surface area contributed by atoms with E-state index in [1.807, 2.05) is 18.2 Å². The third-order valence-corrected chi connectivity index (χ3v) is 4.10. The number of nitrogens with zero attached hydrogens (tertiary/aromatic N) is 2. The second-order valence-corrected chi connectivity index (χ2v) is 5.65. The lowest BCUT2D eigenvalue weighted by Crippen LogP contribution is -2.24. The fraction of sp³-hybridized carbons (Fsp3) is 0.438. The van der Waals surface area contributed by atoms with Crippen LogP contribution >= 0.6 is 0 Å². The van der Waals surface area contributed by atoms with Gasteiger partial charge in [-0.2, -0.15) is 0 Å². The van der Waals surface area contributed by atoms with E-state index in [0.29, 0.717) is 0 Å². The van der Waals surface area contributed by atoms with Crippen molar-refractivity contribution in [1.82, 2.24) is 4.98 Å². The Morgan fingerprint density at radius 2 is 2.00 bits per heavy atom. The highest BCUT2D eigenvalue weighted by Gasteiger charge is 2.17. The standard InChI is InChI=1S/C16H21N3/c1-19(11-12-4-2-3-5-12)16-9-6-13-10-14(17)7-8-15(13)18-16/h6-10,12H,2-5,11,17H2,1H3. The van der Waals surface area contributed by atoms with Crippen LogP contribution in [-0.4, -0.2) is 18.6 Å². The number of fused-ring (bicyclic) bond motifs is 1. The van der Waals surface area contributed by atoms with Crippen molar-refractivity contribution < 1.29 is 0 Å². The molecule has 0 bridgehead atoms. The van der Waals surface area contributed by atoms with Crippen molar-refractivity contribution in [2.75, 3.05) is 24.2 Å². The van der Waals surface area contributed by atoms with E-state index in [9.17, 15) is 0 Å². The number of benzene rings is 1. The maximum Gasteiger partial charge on any atom is 0.128 e. The molecule has 1 heterocycles. The van der Waals surface area contributed by atoms with Crippen molar-refractivity contribution >= 4 is 22.4 Å². The van der Waals surface area contributed by atoms with E-state index in [1.54, 1.807) is 0 Å². The molecule has 1 aliphatic carbocycles. The summed E-state index contributed by atoms with van der Waals surface area (Å²) in [5.74, 6) is 1.90. The molecule has 0 spiro atoms. The average molecular weight is 255 g/mol. The first-order valence-electron chi connectivity index (χ1n) is 7.10. The molecule has 1 fully saturated rings. The van der Waals surface area contributed by atoms with Gasteiger partial charge in [-0.05, 0) is 49.1 Å². The summed E-state index contributed by atoms with van der Waals surface area (Å²) in [7, 11) is 2.14. The predicted octanol–water partition coefficient (Wildman–Crippen LogP) is 3.44. The molecular formula is C16H21N3. The molecule has 1 saturated carbocycles. The first kappa shape index (κ1) is 12.3. The summed E-state index contributed by atoms with van der Waals surface area (Å²) in [6.45, 7) is 1.12. The van der Waals surface area contributed by atoms with Gasteiger partial charge in [0.25, 0.3) is 0 Å². The second-order valence-electron chi connectivity index (χ2n) is 5.65. The number of rotatable bonds is 3. The minimum atomic E-state index is 0.793. The molecule has 0 amide bonds. The van der Waals surface area contributed by atoms with Crippen LogP contribution in [0.5, 0.6) is 0 Å². The van der Waals surface area contributed by atoms with E-state index >= 15 is 0 Å². The van der Waals surface area contributed by atoms with Crippen LogP contribution in [0, 0.1) is 5.92 Å². The molecule has 3 rings (SSSR count). The Hall–Kier alpha value is -1.77. The number of hydrogen-bond acceptors (Lipinski definition) is 3. The van der Waals surface area contributed by atoms with Gasteiger partial charge < -0.3 is 10.6 Å². The third-order valence-electron chi connectivity index (χ3n) is 4.10. The topological polar surface area (TPSA) is 42.1 Å². The molecule has 2 N–H and O–H groups in total. The smallest absolute Gasteiger partial charge is 0.128 e. The van der Waals surface area contributed by atoms with Gasteiger partial charge >= 0.3 is 0 Å². The zero-order chi connectivity index (χ0) is 13.2. The fourth-order valence-electron chi connectivity index (χ4n) is 3.02. The SMILES string of the molecule is CN(CC1CCCC1)c1ccc2cc(N)ccc2n1. The van der Waals surface area contributed by atoms with Crippen LogP contribution in [0.4, 0.5) is 11.5 Å². The molecule has 0 radical (unpaired) electrons. The number of hydrogen-bond donors (Lipinski definition) is 1. The van der Waals surface area contributed by atoms with E-state index < -0.39 is 0 Å². The van der Waals surface area contributed by atoms with E-state index in [-0.39, 0.29) is 0 Å². The fourth-order valence-corrected chi connectivity index (χ4v) is 3.02. The summed E-state index contributed by atoms with van der Waals surface area (Å²) in [6.07, 6.45) is 5.52. The van der Waals surface area contributed by atoms with Gasteiger partial charge in [0.1, 0.15) is 5.82 Å². The molecule has 0 atom stereocenters. The highest BCUT2D eigenvalue weighted by atomic mass is 15.2. The molecule has 1 aromatic heterocycles. The van der Waals surface area contributed by atoms with Crippen molar-refractivity contribution in [1.29, 1.82) is 0 Å². The molecule has 1 aliphatic rings. The summed E-state index contributed by atoms with van der Waals surface area (Å²) >= 11 is 0. The normalized spacial score (nSPS) is 16.1. The quantitative estimate of drug-likeness (QED) is 0.854. The van der Waals surface area contributed by atoms with Crippen molar-refractivity contribution in [3.63, 3.8) is 0 Å². The Morgan fingerprint density at radius 3 is 2.79 bits per heavy atom. The summed E-state index contributed by atoms with van der Waals surface area (Å²) in [5, 5.41) is 1.11.